The molecule has 5 heteroatoms. The number of alkyl halides is 1. The van der Waals surface area contributed by atoms with Gasteiger partial charge in [0.1, 0.15) is 12.8 Å². The second kappa shape index (κ2) is 6.21. The number of likely N-dealkylation sites (tertiary alicyclic amines) is 1. The first-order valence-corrected chi connectivity index (χ1v) is 6.42. The summed E-state index contributed by atoms with van der Waals surface area (Å²) in [5, 5.41) is 9.32. The number of ether oxygens (including phenoxy) is 2. The van der Waals surface area contributed by atoms with Gasteiger partial charge in [-0.25, -0.2) is 4.39 Å². The molecule has 1 saturated heterocycles. The van der Waals surface area contributed by atoms with E-state index in [0.717, 1.165) is 5.56 Å². The van der Waals surface area contributed by atoms with Crippen molar-refractivity contribution >= 4 is 0 Å². The van der Waals surface area contributed by atoms with E-state index in [-0.39, 0.29) is 6.54 Å². The molecule has 0 aromatic heterocycles. The lowest BCUT2D eigenvalue weighted by atomic mass is 10.2. The molecule has 0 spiro atoms. The van der Waals surface area contributed by atoms with Gasteiger partial charge in [0.05, 0.1) is 13.2 Å². The van der Waals surface area contributed by atoms with Crippen molar-refractivity contribution in [3.63, 3.8) is 0 Å². The van der Waals surface area contributed by atoms with Crippen LogP contribution in [0.4, 0.5) is 4.39 Å². The monoisotopic (exact) mass is 269 g/mol. The van der Waals surface area contributed by atoms with Gasteiger partial charge in [0.15, 0.2) is 11.5 Å². The van der Waals surface area contributed by atoms with Crippen LogP contribution in [0.25, 0.3) is 0 Å². The molecule has 2 atom stereocenters. The summed E-state index contributed by atoms with van der Waals surface area (Å²) in [7, 11) is 1.60. The van der Waals surface area contributed by atoms with Gasteiger partial charge in [-0.05, 0) is 24.6 Å². The highest BCUT2D eigenvalue weighted by atomic mass is 19.1. The number of nitrogens with zero attached hydrogens (tertiary/aromatic N) is 1. The highest BCUT2D eigenvalue weighted by molar-refractivity contribution is 5.42. The number of hydrogen-bond donors (Lipinski definition) is 1. The minimum Gasteiger partial charge on any atom is -0.493 e. The number of hydrogen-bond acceptors (Lipinski definition) is 4. The van der Waals surface area contributed by atoms with E-state index in [0.29, 0.717) is 31.2 Å². The first-order chi connectivity index (χ1) is 9.10. The molecule has 4 nitrogen and oxygen atoms in total. The normalized spacial score (nSPS) is 23.6. The molecule has 106 valence electrons. The Balaban J connectivity index is 1.83. The van der Waals surface area contributed by atoms with E-state index in [1.807, 2.05) is 30.0 Å². The van der Waals surface area contributed by atoms with E-state index in [4.69, 9.17) is 9.47 Å². The number of β-amino-alcohol motifs (C(OH)–C–C–N with tert-alkyl or cyclic N) is 1. The number of benzene rings is 1. The van der Waals surface area contributed by atoms with E-state index in [1.54, 1.807) is 7.11 Å². The Kier molecular flexibility index (Phi) is 4.61. The molecule has 19 heavy (non-hydrogen) atoms. The summed E-state index contributed by atoms with van der Waals surface area (Å²) in [6.45, 7) is 3.66. The molecule has 1 aliphatic heterocycles. The highest BCUT2D eigenvalue weighted by Gasteiger charge is 2.30. The Morgan fingerprint density at radius 2 is 2.16 bits per heavy atom. The minimum absolute atomic E-state index is 0.273. The Hall–Kier alpha value is -1.33. The standard InChI is InChI=1S/C14H20FNO3/c1-10-3-4-13(14(7-10)18-2)19-6-5-16-8-11(15)12(17)9-16/h3-4,7,11-12,17H,5-6,8-9H2,1-2H3/t11-,12-/m0/s1. The zero-order chi connectivity index (χ0) is 13.8. The molecule has 2 rings (SSSR count). The predicted molar refractivity (Wildman–Crippen MR) is 70.6 cm³/mol. The number of aliphatic hydroxyl groups excluding tert-OH is 1. The first kappa shape index (κ1) is 14.1. The van der Waals surface area contributed by atoms with Gasteiger partial charge in [0.25, 0.3) is 0 Å². The minimum atomic E-state index is -1.14. The predicted octanol–water partition coefficient (Wildman–Crippen LogP) is 1.40. The van der Waals surface area contributed by atoms with E-state index >= 15 is 0 Å². The second-order valence-electron chi connectivity index (χ2n) is 4.85. The summed E-state index contributed by atoms with van der Waals surface area (Å²) in [6.07, 6.45) is -2.01. The average Bonchev–Trinajstić information content (AvgIpc) is 2.70. The van der Waals surface area contributed by atoms with Gasteiger partial charge in [-0.2, -0.15) is 0 Å². The maximum Gasteiger partial charge on any atom is 0.161 e. The van der Waals surface area contributed by atoms with Crippen molar-refractivity contribution in [3.05, 3.63) is 23.8 Å². The van der Waals surface area contributed by atoms with Crippen LogP contribution >= 0.6 is 0 Å². The molecule has 0 aliphatic carbocycles. The molecule has 1 fully saturated rings. The first-order valence-electron chi connectivity index (χ1n) is 6.42. The third-order valence-corrected chi connectivity index (χ3v) is 3.28. The summed E-state index contributed by atoms with van der Waals surface area (Å²) < 4.78 is 24.0. The smallest absolute Gasteiger partial charge is 0.161 e. The van der Waals surface area contributed by atoms with Crippen molar-refractivity contribution in [2.75, 3.05) is 33.4 Å². The fourth-order valence-electron chi connectivity index (χ4n) is 2.18. The van der Waals surface area contributed by atoms with Gasteiger partial charge in [-0.3, -0.25) is 4.90 Å². The van der Waals surface area contributed by atoms with E-state index < -0.39 is 12.3 Å². The quantitative estimate of drug-likeness (QED) is 0.877. The molecule has 0 amide bonds. The Bertz CT molecular complexity index is 417. The Morgan fingerprint density at radius 1 is 1.37 bits per heavy atom. The summed E-state index contributed by atoms with van der Waals surface area (Å²) in [6, 6.07) is 5.73. The lowest BCUT2D eigenvalue weighted by Gasteiger charge is -2.16. The molecule has 0 bridgehead atoms. The SMILES string of the molecule is COc1cc(C)ccc1OCCN1C[C@H](O)[C@@H](F)C1. The summed E-state index contributed by atoms with van der Waals surface area (Å²) in [4.78, 5) is 1.86. The van der Waals surface area contributed by atoms with Crippen LogP contribution in [0.5, 0.6) is 11.5 Å². The van der Waals surface area contributed by atoms with Gasteiger partial charge in [0.2, 0.25) is 0 Å². The number of halogens is 1. The van der Waals surface area contributed by atoms with Crippen molar-refractivity contribution in [3.8, 4) is 11.5 Å². The van der Waals surface area contributed by atoms with E-state index in [2.05, 4.69) is 0 Å². The molecule has 1 aliphatic rings. The third-order valence-electron chi connectivity index (χ3n) is 3.28. The topological polar surface area (TPSA) is 41.9 Å². The van der Waals surface area contributed by atoms with Gasteiger partial charge >= 0.3 is 0 Å². The van der Waals surface area contributed by atoms with Crippen molar-refractivity contribution in [1.82, 2.24) is 4.90 Å². The second-order valence-corrected chi connectivity index (χ2v) is 4.85. The van der Waals surface area contributed by atoms with Gasteiger partial charge in [0, 0.05) is 19.6 Å². The lowest BCUT2D eigenvalue weighted by molar-refractivity contribution is 0.115. The lowest BCUT2D eigenvalue weighted by Crippen LogP contribution is -2.27. The molecular formula is C14H20FNO3. The maximum absolute atomic E-state index is 13.1. The van der Waals surface area contributed by atoms with Crippen LogP contribution in [-0.4, -0.2) is 55.6 Å². The number of rotatable bonds is 5. The van der Waals surface area contributed by atoms with Crippen LogP contribution in [0, 0.1) is 6.92 Å². The maximum atomic E-state index is 13.1. The zero-order valence-corrected chi connectivity index (χ0v) is 11.3. The van der Waals surface area contributed by atoms with E-state index in [9.17, 15) is 9.50 Å². The molecule has 0 unspecified atom stereocenters. The average molecular weight is 269 g/mol. The van der Waals surface area contributed by atoms with Crippen LogP contribution in [0.3, 0.4) is 0 Å². The Morgan fingerprint density at radius 3 is 2.79 bits per heavy atom. The van der Waals surface area contributed by atoms with Crippen molar-refractivity contribution < 1.29 is 19.0 Å². The van der Waals surface area contributed by atoms with Gasteiger partial charge in [-0.15, -0.1) is 0 Å². The molecular weight excluding hydrogens is 249 g/mol. The summed E-state index contributed by atoms with van der Waals surface area (Å²) in [5.41, 5.74) is 1.10. The summed E-state index contributed by atoms with van der Waals surface area (Å²) >= 11 is 0. The van der Waals surface area contributed by atoms with Crippen molar-refractivity contribution in [1.29, 1.82) is 0 Å². The van der Waals surface area contributed by atoms with Crippen LogP contribution in [0.2, 0.25) is 0 Å². The number of aryl methyl sites for hydroxylation is 1. The van der Waals surface area contributed by atoms with Gasteiger partial charge in [-0.1, -0.05) is 6.07 Å². The highest BCUT2D eigenvalue weighted by Crippen LogP contribution is 2.27. The van der Waals surface area contributed by atoms with Gasteiger partial charge < -0.3 is 14.6 Å². The van der Waals surface area contributed by atoms with Crippen LogP contribution in [-0.2, 0) is 0 Å². The van der Waals surface area contributed by atoms with Crippen LogP contribution in [0.1, 0.15) is 5.56 Å². The molecule has 1 aromatic carbocycles. The fraction of sp³-hybridized carbons (Fsp3) is 0.571. The molecule has 0 radical (unpaired) electrons. The number of aliphatic hydroxyl groups is 1. The van der Waals surface area contributed by atoms with E-state index in [1.165, 1.54) is 0 Å². The zero-order valence-electron chi connectivity index (χ0n) is 11.3. The fourth-order valence-corrected chi connectivity index (χ4v) is 2.18. The Labute approximate surface area is 112 Å². The number of methoxy groups -OCH3 is 1. The molecule has 0 saturated carbocycles. The van der Waals surface area contributed by atoms with Crippen molar-refractivity contribution in [2.45, 2.75) is 19.2 Å². The van der Waals surface area contributed by atoms with Crippen LogP contribution in [0.15, 0.2) is 18.2 Å². The molecule has 1 aromatic rings. The molecule has 1 N–H and O–H groups in total. The molecule has 1 heterocycles. The van der Waals surface area contributed by atoms with Crippen LogP contribution < -0.4 is 9.47 Å². The van der Waals surface area contributed by atoms with Crippen molar-refractivity contribution in [2.24, 2.45) is 0 Å². The largest absolute Gasteiger partial charge is 0.493 e. The summed E-state index contributed by atoms with van der Waals surface area (Å²) in [5.74, 6) is 1.38. The third kappa shape index (κ3) is 3.58.